The van der Waals surface area contributed by atoms with Gasteiger partial charge in [-0.25, -0.2) is 0 Å². The number of methoxy groups -OCH3 is 4. The van der Waals surface area contributed by atoms with Crippen LogP contribution in [0, 0.1) is 23.7 Å². The van der Waals surface area contributed by atoms with Gasteiger partial charge in [-0.15, -0.1) is 0 Å². The Labute approximate surface area is 299 Å². The van der Waals surface area contributed by atoms with Crippen LogP contribution >= 0.6 is 0 Å². The highest BCUT2D eigenvalue weighted by Crippen LogP contribution is 2.52. The van der Waals surface area contributed by atoms with Crippen molar-refractivity contribution >= 4 is 19.9 Å². The van der Waals surface area contributed by atoms with E-state index in [1.165, 1.54) is 16.7 Å². The van der Waals surface area contributed by atoms with E-state index >= 15 is 0 Å². The molecule has 9 nitrogen and oxygen atoms in total. The predicted molar refractivity (Wildman–Crippen MR) is 194 cm³/mol. The van der Waals surface area contributed by atoms with Crippen LogP contribution in [0.1, 0.15) is 62.0 Å². The third kappa shape index (κ3) is 7.95. The number of ether oxygens (including phenoxy) is 6. The zero-order valence-corrected chi connectivity index (χ0v) is 32.4. The molecule has 0 radical (unpaired) electrons. The molecule has 50 heavy (non-hydrogen) atoms. The van der Waals surface area contributed by atoms with Crippen molar-refractivity contribution in [3.05, 3.63) is 69.8 Å². The Morgan fingerprint density at radius 3 is 2.10 bits per heavy atom. The molecule has 4 aliphatic carbocycles. The molecule has 2 aromatic carbocycles. The lowest BCUT2D eigenvalue weighted by Gasteiger charge is -2.43. The number of fused-ring (bicyclic) bond motifs is 4. The first-order valence-electron chi connectivity index (χ1n) is 17.8. The van der Waals surface area contributed by atoms with Crippen LogP contribution in [0.25, 0.3) is 0 Å². The lowest BCUT2D eigenvalue weighted by Crippen LogP contribution is -2.43. The number of Topliss-reactive ketones (excluding diaryl/α,β-unsaturated/α-hetero) is 2. The summed E-state index contributed by atoms with van der Waals surface area (Å²) in [6.07, 6.45) is 3.64. The van der Waals surface area contributed by atoms with Crippen molar-refractivity contribution in [2.75, 3.05) is 55.2 Å². The molecule has 10 heteroatoms. The number of benzene rings is 2. The van der Waals surface area contributed by atoms with Crippen molar-refractivity contribution in [3.63, 3.8) is 0 Å². The zero-order chi connectivity index (χ0) is 36.2. The highest BCUT2D eigenvalue weighted by atomic mass is 28.4. The molecule has 0 bridgehead atoms. The van der Waals surface area contributed by atoms with Gasteiger partial charge in [0.25, 0.3) is 0 Å². The number of hydrogen-bond acceptors (Lipinski definition) is 9. The van der Waals surface area contributed by atoms with E-state index in [1.54, 1.807) is 28.4 Å². The fourth-order valence-electron chi connectivity index (χ4n) is 7.94. The molecule has 0 aliphatic heterocycles. The van der Waals surface area contributed by atoms with Gasteiger partial charge < -0.3 is 32.8 Å². The second-order valence-electron chi connectivity index (χ2n) is 15.5. The van der Waals surface area contributed by atoms with E-state index in [0.29, 0.717) is 37.1 Å². The van der Waals surface area contributed by atoms with Crippen molar-refractivity contribution in [2.24, 2.45) is 23.7 Å². The minimum Gasteiger partial charge on any atom is -0.496 e. The number of hydrogen-bond donors (Lipinski definition) is 0. The van der Waals surface area contributed by atoms with Gasteiger partial charge in [0, 0.05) is 44.1 Å². The molecule has 6 rings (SSSR count). The van der Waals surface area contributed by atoms with Gasteiger partial charge in [0.15, 0.2) is 14.1 Å². The molecule has 1 unspecified atom stereocenters. The molecule has 274 valence electrons. The molecular weight excluding hydrogens is 653 g/mol. The highest BCUT2D eigenvalue weighted by molar-refractivity contribution is 6.74. The monoisotopic (exact) mass is 708 g/mol. The Balaban J connectivity index is 0.000000204. The summed E-state index contributed by atoms with van der Waals surface area (Å²) in [5.74, 6) is 3.32. The number of carbonyl (C=O) groups is 2. The summed E-state index contributed by atoms with van der Waals surface area (Å²) in [4.78, 5) is 25.2. The van der Waals surface area contributed by atoms with Crippen LogP contribution in [0.4, 0.5) is 0 Å². The van der Waals surface area contributed by atoms with Gasteiger partial charge in [-0.05, 0) is 89.5 Å². The molecule has 0 heterocycles. The van der Waals surface area contributed by atoms with Gasteiger partial charge in [0.05, 0.1) is 33.5 Å². The standard InChI is InChI=1S/C23H34O5Si.C17H22O4/c1-23(2,3)29(6,7)28-22-16-9-8-10-20(26-5)17(16)11-15-12-19(24)18(21(15)22)13-27-14-25-4;1-19-10-21-9-15-13-6-11-4-3-5-17(20-2)14(11)7-12(13)8-16(15)18/h8-10,15,22H,11-14H2,1-7H3;3-5,12-13,15H,6-10H2,1-2H3/t15-,22+;12?,13-,15+/m00/s1. The van der Waals surface area contributed by atoms with E-state index in [4.69, 9.17) is 32.8 Å². The molecule has 5 atom stereocenters. The first kappa shape index (κ1) is 38.4. The third-order valence-corrected chi connectivity index (χ3v) is 15.9. The summed E-state index contributed by atoms with van der Waals surface area (Å²) in [6.45, 7) is 12.4. The first-order chi connectivity index (χ1) is 23.8. The number of rotatable bonds is 12. The van der Waals surface area contributed by atoms with Gasteiger partial charge >= 0.3 is 0 Å². The van der Waals surface area contributed by atoms with E-state index in [2.05, 4.69) is 46.0 Å². The largest absolute Gasteiger partial charge is 0.496 e. The Kier molecular flexibility index (Phi) is 12.4. The lowest BCUT2D eigenvalue weighted by molar-refractivity contribution is -0.125. The minimum absolute atomic E-state index is 0.0181. The third-order valence-electron chi connectivity index (χ3n) is 11.5. The van der Waals surface area contributed by atoms with Gasteiger partial charge in [-0.1, -0.05) is 45.0 Å². The van der Waals surface area contributed by atoms with Crippen molar-refractivity contribution in [3.8, 4) is 11.5 Å². The maximum atomic E-state index is 12.9. The second-order valence-corrected chi connectivity index (χ2v) is 20.2. The molecule has 0 spiro atoms. The average molecular weight is 709 g/mol. The fraction of sp³-hybridized carbons (Fsp3) is 0.600. The van der Waals surface area contributed by atoms with Crippen LogP contribution < -0.4 is 9.47 Å². The summed E-state index contributed by atoms with van der Waals surface area (Å²) >= 11 is 0. The Morgan fingerprint density at radius 2 is 1.44 bits per heavy atom. The highest BCUT2D eigenvalue weighted by Gasteiger charge is 2.48. The molecule has 0 aromatic heterocycles. The van der Waals surface area contributed by atoms with Crippen molar-refractivity contribution in [1.82, 2.24) is 0 Å². The van der Waals surface area contributed by atoms with Crippen LogP contribution in [-0.4, -0.2) is 75.1 Å². The summed E-state index contributed by atoms with van der Waals surface area (Å²) < 4.78 is 39.0. The van der Waals surface area contributed by atoms with Gasteiger partial charge in [-0.2, -0.15) is 0 Å². The summed E-state index contributed by atoms with van der Waals surface area (Å²) in [5.41, 5.74) is 6.77. The van der Waals surface area contributed by atoms with E-state index < -0.39 is 8.32 Å². The fourth-order valence-corrected chi connectivity index (χ4v) is 9.13. The van der Waals surface area contributed by atoms with Crippen LogP contribution in [0.15, 0.2) is 47.5 Å². The van der Waals surface area contributed by atoms with E-state index in [1.807, 2.05) is 24.3 Å². The van der Waals surface area contributed by atoms with E-state index in [0.717, 1.165) is 47.5 Å². The van der Waals surface area contributed by atoms with Crippen LogP contribution in [-0.2, 0) is 52.2 Å². The molecular formula is C40H56O9Si. The molecule has 0 saturated heterocycles. The normalized spacial score (nSPS) is 24.2. The zero-order valence-electron chi connectivity index (χ0n) is 31.4. The van der Waals surface area contributed by atoms with Crippen LogP contribution in [0.2, 0.25) is 18.1 Å². The molecule has 1 fully saturated rings. The minimum atomic E-state index is -2.09. The maximum absolute atomic E-state index is 12.9. The van der Waals surface area contributed by atoms with E-state index in [9.17, 15) is 9.59 Å². The van der Waals surface area contributed by atoms with Gasteiger partial charge in [-0.3, -0.25) is 9.59 Å². The topological polar surface area (TPSA) is 98.8 Å². The Bertz CT molecular complexity index is 1560. The van der Waals surface area contributed by atoms with Gasteiger partial charge in [0.2, 0.25) is 0 Å². The van der Waals surface area contributed by atoms with Crippen LogP contribution in [0.3, 0.4) is 0 Å². The second kappa shape index (κ2) is 16.2. The summed E-state index contributed by atoms with van der Waals surface area (Å²) in [6, 6.07) is 12.3. The first-order valence-corrected chi connectivity index (χ1v) is 20.7. The predicted octanol–water partition coefficient (Wildman–Crippen LogP) is 7.06. The van der Waals surface area contributed by atoms with Crippen LogP contribution in [0.5, 0.6) is 11.5 Å². The average Bonchev–Trinajstić information content (AvgIpc) is 3.56. The smallest absolute Gasteiger partial charge is 0.193 e. The molecule has 0 N–H and O–H groups in total. The Morgan fingerprint density at radius 1 is 0.780 bits per heavy atom. The SMILES string of the molecule is COCOCC1=C2[C@H](CC1=O)Cc1c(OC)cccc1[C@H]2O[Si](C)(C)C(C)(C)C.COCOC[C@H]1C(=O)CC2Cc3c(cccc3OC)C[C@@H]21. The molecule has 2 aromatic rings. The van der Waals surface area contributed by atoms with Crippen molar-refractivity contribution < 1.29 is 42.4 Å². The Hall–Kier alpha value is -2.86. The maximum Gasteiger partial charge on any atom is 0.193 e. The van der Waals surface area contributed by atoms with Crippen molar-refractivity contribution in [1.29, 1.82) is 0 Å². The molecule has 0 amide bonds. The van der Waals surface area contributed by atoms with E-state index in [-0.39, 0.29) is 49.0 Å². The number of ketones is 2. The molecule has 4 aliphatic rings. The number of carbonyl (C=O) groups excluding carboxylic acids is 2. The summed E-state index contributed by atoms with van der Waals surface area (Å²) in [7, 11) is 4.51. The quantitative estimate of drug-likeness (QED) is 0.130. The lowest BCUT2D eigenvalue weighted by atomic mass is 9.75. The van der Waals surface area contributed by atoms with Gasteiger partial charge in [0.1, 0.15) is 30.9 Å². The summed E-state index contributed by atoms with van der Waals surface area (Å²) in [5, 5.41) is 0.0643. The van der Waals surface area contributed by atoms with Crippen molar-refractivity contribution in [2.45, 2.75) is 77.1 Å². The molecule has 1 saturated carbocycles.